The fourth-order valence-electron chi connectivity index (χ4n) is 3.12. The standard InChI is InChI=1S/C14H26N2O/c1-11-6-8-12(9-7-11)16(2)14(17)13-5-3-4-10-15-13/h11-13,15H,3-10H2,1-2H3. The first-order chi connectivity index (χ1) is 8.18. The van der Waals surface area contributed by atoms with Crippen LogP contribution in [0.5, 0.6) is 0 Å². The van der Waals surface area contributed by atoms with E-state index in [0.717, 1.165) is 18.9 Å². The summed E-state index contributed by atoms with van der Waals surface area (Å²) in [5.74, 6) is 1.17. The number of nitrogens with zero attached hydrogens (tertiary/aromatic N) is 1. The van der Waals surface area contributed by atoms with E-state index in [0.29, 0.717) is 11.9 Å². The Kier molecular flexibility index (Phi) is 4.43. The molecule has 2 aliphatic rings. The molecule has 2 rings (SSSR count). The number of carbonyl (C=O) groups excluding carboxylic acids is 1. The van der Waals surface area contributed by atoms with Gasteiger partial charge in [0.2, 0.25) is 5.91 Å². The molecule has 3 heteroatoms. The minimum atomic E-state index is 0.0908. The maximum atomic E-state index is 12.3. The van der Waals surface area contributed by atoms with Crippen molar-refractivity contribution in [2.24, 2.45) is 5.92 Å². The Morgan fingerprint density at radius 1 is 1.12 bits per heavy atom. The highest BCUT2D eigenvalue weighted by Gasteiger charge is 2.29. The molecule has 1 amide bonds. The lowest BCUT2D eigenvalue weighted by Gasteiger charge is -2.36. The highest BCUT2D eigenvalue weighted by molar-refractivity contribution is 5.82. The average molecular weight is 238 g/mol. The van der Waals surface area contributed by atoms with Crippen LogP contribution in [0.3, 0.4) is 0 Å². The van der Waals surface area contributed by atoms with E-state index >= 15 is 0 Å². The summed E-state index contributed by atoms with van der Waals surface area (Å²) in [6.45, 7) is 3.33. The first-order valence-electron chi connectivity index (χ1n) is 7.18. The van der Waals surface area contributed by atoms with Crippen LogP contribution in [0.2, 0.25) is 0 Å². The molecule has 1 aliphatic carbocycles. The minimum Gasteiger partial charge on any atom is -0.341 e. The van der Waals surface area contributed by atoms with Gasteiger partial charge >= 0.3 is 0 Å². The van der Waals surface area contributed by atoms with Crippen molar-refractivity contribution in [1.82, 2.24) is 10.2 Å². The molecule has 0 spiro atoms. The average Bonchev–Trinajstić information content (AvgIpc) is 2.39. The number of hydrogen-bond acceptors (Lipinski definition) is 2. The third-order valence-electron chi connectivity index (χ3n) is 4.49. The topological polar surface area (TPSA) is 32.3 Å². The first-order valence-corrected chi connectivity index (χ1v) is 7.18. The van der Waals surface area contributed by atoms with Crippen LogP contribution in [0.15, 0.2) is 0 Å². The summed E-state index contributed by atoms with van der Waals surface area (Å²) in [5, 5.41) is 3.36. The van der Waals surface area contributed by atoms with Crippen molar-refractivity contribution in [2.45, 2.75) is 64.0 Å². The zero-order valence-corrected chi connectivity index (χ0v) is 11.2. The summed E-state index contributed by atoms with van der Waals surface area (Å²) < 4.78 is 0. The Labute approximate surface area is 105 Å². The summed E-state index contributed by atoms with van der Waals surface area (Å²) in [4.78, 5) is 14.4. The monoisotopic (exact) mass is 238 g/mol. The molecule has 1 N–H and O–H groups in total. The van der Waals surface area contributed by atoms with Crippen LogP contribution >= 0.6 is 0 Å². The molecule has 98 valence electrons. The van der Waals surface area contributed by atoms with Crippen LogP contribution in [0.25, 0.3) is 0 Å². The van der Waals surface area contributed by atoms with Crippen LogP contribution < -0.4 is 5.32 Å². The van der Waals surface area contributed by atoms with E-state index in [-0.39, 0.29) is 6.04 Å². The van der Waals surface area contributed by atoms with Crippen molar-refractivity contribution in [3.05, 3.63) is 0 Å². The number of amides is 1. The lowest BCUT2D eigenvalue weighted by atomic mass is 9.86. The van der Waals surface area contributed by atoms with Crippen molar-refractivity contribution in [3.63, 3.8) is 0 Å². The van der Waals surface area contributed by atoms with Crippen molar-refractivity contribution in [1.29, 1.82) is 0 Å². The fraction of sp³-hybridized carbons (Fsp3) is 0.929. The molecule has 1 heterocycles. The molecule has 0 aromatic carbocycles. The molecular weight excluding hydrogens is 212 g/mol. The number of hydrogen-bond donors (Lipinski definition) is 1. The Bertz CT molecular complexity index is 253. The highest BCUT2D eigenvalue weighted by atomic mass is 16.2. The van der Waals surface area contributed by atoms with Crippen LogP contribution in [0, 0.1) is 5.92 Å². The van der Waals surface area contributed by atoms with Gasteiger partial charge in [0.25, 0.3) is 0 Å². The quantitative estimate of drug-likeness (QED) is 0.799. The van der Waals surface area contributed by atoms with Crippen molar-refractivity contribution in [2.75, 3.05) is 13.6 Å². The van der Waals surface area contributed by atoms with Gasteiger partial charge in [0.05, 0.1) is 6.04 Å². The summed E-state index contributed by atoms with van der Waals surface area (Å²) >= 11 is 0. The summed E-state index contributed by atoms with van der Waals surface area (Å²) in [6, 6.07) is 0.579. The molecule has 2 fully saturated rings. The van der Waals surface area contributed by atoms with Gasteiger partial charge in [0.15, 0.2) is 0 Å². The largest absolute Gasteiger partial charge is 0.341 e. The highest BCUT2D eigenvalue weighted by Crippen LogP contribution is 2.27. The fourth-order valence-corrected chi connectivity index (χ4v) is 3.12. The Morgan fingerprint density at radius 2 is 1.82 bits per heavy atom. The third-order valence-corrected chi connectivity index (χ3v) is 4.49. The molecular formula is C14H26N2O. The van der Waals surface area contributed by atoms with E-state index in [4.69, 9.17) is 0 Å². The second-order valence-electron chi connectivity index (χ2n) is 5.87. The molecule has 1 saturated carbocycles. The van der Waals surface area contributed by atoms with Gasteiger partial charge in [-0.2, -0.15) is 0 Å². The van der Waals surface area contributed by atoms with Crippen LogP contribution in [-0.2, 0) is 4.79 Å². The molecule has 1 atom stereocenters. The normalized spacial score (nSPS) is 34.4. The lowest BCUT2D eigenvalue weighted by Crippen LogP contribution is -2.50. The molecule has 0 aromatic rings. The Hall–Kier alpha value is -0.570. The van der Waals surface area contributed by atoms with Crippen molar-refractivity contribution < 1.29 is 4.79 Å². The predicted octanol–water partition coefficient (Wildman–Crippen LogP) is 2.17. The van der Waals surface area contributed by atoms with Crippen LogP contribution in [0.1, 0.15) is 51.9 Å². The number of rotatable bonds is 2. The van der Waals surface area contributed by atoms with Gasteiger partial charge in [-0.25, -0.2) is 0 Å². The van der Waals surface area contributed by atoms with Gasteiger partial charge < -0.3 is 10.2 Å². The number of nitrogens with one attached hydrogen (secondary N) is 1. The molecule has 0 aromatic heterocycles. The molecule has 1 unspecified atom stereocenters. The summed E-state index contributed by atoms with van der Waals surface area (Å²) in [6.07, 6.45) is 8.37. The smallest absolute Gasteiger partial charge is 0.239 e. The molecule has 1 aliphatic heterocycles. The molecule has 3 nitrogen and oxygen atoms in total. The van der Waals surface area contributed by atoms with Crippen LogP contribution in [0.4, 0.5) is 0 Å². The minimum absolute atomic E-state index is 0.0908. The third kappa shape index (κ3) is 3.21. The van der Waals surface area contributed by atoms with Crippen molar-refractivity contribution in [3.8, 4) is 0 Å². The van der Waals surface area contributed by atoms with Gasteiger partial charge in [-0.15, -0.1) is 0 Å². The van der Waals surface area contributed by atoms with E-state index in [1.165, 1.54) is 38.5 Å². The van der Waals surface area contributed by atoms with Gasteiger partial charge in [-0.1, -0.05) is 13.3 Å². The van der Waals surface area contributed by atoms with Gasteiger partial charge in [0.1, 0.15) is 0 Å². The molecule has 17 heavy (non-hydrogen) atoms. The first kappa shape index (κ1) is 12.9. The van der Waals surface area contributed by atoms with E-state index < -0.39 is 0 Å². The summed E-state index contributed by atoms with van der Waals surface area (Å²) in [7, 11) is 2.00. The molecule has 0 radical (unpaired) electrons. The SMILES string of the molecule is CC1CCC(N(C)C(=O)C2CCCCN2)CC1. The maximum Gasteiger partial charge on any atom is 0.239 e. The summed E-state index contributed by atoms with van der Waals surface area (Å²) in [5.41, 5.74) is 0. The van der Waals surface area contributed by atoms with Crippen molar-refractivity contribution >= 4 is 5.91 Å². The predicted molar refractivity (Wildman–Crippen MR) is 69.8 cm³/mol. The Morgan fingerprint density at radius 3 is 2.41 bits per heavy atom. The number of carbonyl (C=O) groups is 1. The molecule has 1 saturated heterocycles. The van der Waals surface area contributed by atoms with E-state index in [1.54, 1.807) is 0 Å². The van der Waals surface area contributed by atoms with Crippen LogP contribution in [-0.4, -0.2) is 36.5 Å². The van der Waals surface area contributed by atoms with E-state index in [1.807, 2.05) is 11.9 Å². The second kappa shape index (κ2) is 5.85. The zero-order valence-electron chi connectivity index (χ0n) is 11.2. The van der Waals surface area contributed by atoms with Gasteiger partial charge in [-0.3, -0.25) is 4.79 Å². The van der Waals surface area contributed by atoms with E-state index in [9.17, 15) is 4.79 Å². The zero-order chi connectivity index (χ0) is 12.3. The second-order valence-corrected chi connectivity index (χ2v) is 5.87. The lowest BCUT2D eigenvalue weighted by molar-refractivity contribution is -0.135. The maximum absolute atomic E-state index is 12.3. The van der Waals surface area contributed by atoms with Gasteiger partial charge in [0, 0.05) is 13.1 Å². The van der Waals surface area contributed by atoms with Gasteiger partial charge in [-0.05, 0) is 51.0 Å². The Balaban J connectivity index is 1.85. The van der Waals surface area contributed by atoms with E-state index in [2.05, 4.69) is 12.2 Å². The molecule has 0 bridgehead atoms. The number of piperidine rings is 1. The number of likely N-dealkylation sites (N-methyl/N-ethyl adjacent to an activating group) is 1.